The lowest BCUT2D eigenvalue weighted by Crippen LogP contribution is -2.42. The minimum absolute atomic E-state index is 0.0264. The van der Waals surface area contributed by atoms with Crippen LogP contribution in [0.5, 0.6) is 0 Å². The molecule has 1 atom stereocenters. The van der Waals surface area contributed by atoms with Crippen molar-refractivity contribution in [1.82, 2.24) is 29.9 Å². The highest BCUT2D eigenvalue weighted by atomic mass is 19.4. The van der Waals surface area contributed by atoms with Gasteiger partial charge in [0.15, 0.2) is 5.82 Å². The number of hydrogen-bond acceptors (Lipinski definition) is 4. The molecule has 3 rings (SSSR count). The second-order valence-corrected chi connectivity index (χ2v) is 5.08. The van der Waals surface area contributed by atoms with Gasteiger partial charge in [-0.1, -0.05) is 0 Å². The number of rotatable bonds is 2. The van der Waals surface area contributed by atoms with Crippen LogP contribution >= 0.6 is 0 Å². The Morgan fingerprint density at radius 1 is 1.41 bits per heavy atom. The molecule has 0 radical (unpaired) electrons. The molecular formula is C12H13F3N6O. The molecule has 3 heterocycles. The Morgan fingerprint density at radius 2 is 2.18 bits per heavy atom. The Balaban J connectivity index is 1.81. The number of carbonyl (C=O) groups excluding carboxylic acids is 1. The van der Waals surface area contributed by atoms with E-state index in [9.17, 15) is 18.0 Å². The summed E-state index contributed by atoms with van der Waals surface area (Å²) in [5.41, 5.74) is 0.722. The summed E-state index contributed by atoms with van der Waals surface area (Å²) in [5, 5.41) is 13.2. The molecule has 7 nitrogen and oxygen atoms in total. The molecule has 1 amide bonds. The van der Waals surface area contributed by atoms with E-state index in [-0.39, 0.29) is 31.2 Å². The highest BCUT2D eigenvalue weighted by Gasteiger charge is 2.41. The van der Waals surface area contributed by atoms with Crippen molar-refractivity contribution in [3.8, 4) is 0 Å². The van der Waals surface area contributed by atoms with Gasteiger partial charge < -0.3 is 9.47 Å². The van der Waals surface area contributed by atoms with Gasteiger partial charge in [0.1, 0.15) is 0 Å². The van der Waals surface area contributed by atoms with Crippen LogP contribution in [0.4, 0.5) is 13.2 Å². The maximum atomic E-state index is 12.8. The lowest BCUT2D eigenvalue weighted by Gasteiger charge is -2.33. The number of alkyl halides is 3. The molecule has 0 aromatic carbocycles. The van der Waals surface area contributed by atoms with Crippen molar-refractivity contribution in [3.05, 3.63) is 29.6 Å². The van der Waals surface area contributed by atoms with E-state index in [4.69, 9.17) is 0 Å². The third-order valence-electron chi connectivity index (χ3n) is 3.67. The highest BCUT2D eigenvalue weighted by Crippen LogP contribution is 2.32. The number of amides is 1. The van der Waals surface area contributed by atoms with Crippen LogP contribution in [0.1, 0.15) is 30.2 Å². The quantitative estimate of drug-likeness (QED) is 0.902. The third kappa shape index (κ3) is 2.44. The number of carbonyl (C=O) groups is 1. The van der Waals surface area contributed by atoms with E-state index in [1.807, 2.05) is 0 Å². The predicted octanol–water partition coefficient (Wildman–Crippen LogP) is 1.17. The molecule has 0 aliphatic carbocycles. The van der Waals surface area contributed by atoms with Crippen molar-refractivity contribution in [2.45, 2.75) is 32.1 Å². The lowest BCUT2D eigenvalue weighted by molar-refractivity contribution is -0.148. The lowest BCUT2D eigenvalue weighted by atomic mass is 10.1. The normalized spacial score (nSPS) is 18.4. The largest absolute Gasteiger partial charge is 0.451 e. The first-order valence-corrected chi connectivity index (χ1v) is 6.65. The molecule has 1 N–H and O–H groups in total. The van der Waals surface area contributed by atoms with E-state index >= 15 is 0 Å². The van der Waals surface area contributed by atoms with Crippen LogP contribution in [0.25, 0.3) is 0 Å². The second kappa shape index (κ2) is 5.11. The molecule has 1 aliphatic heterocycles. The van der Waals surface area contributed by atoms with Gasteiger partial charge in [0.2, 0.25) is 11.7 Å². The molecule has 0 spiro atoms. The van der Waals surface area contributed by atoms with E-state index in [2.05, 4.69) is 20.4 Å². The van der Waals surface area contributed by atoms with Gasteiger partial charge in [-0.05, 0) is 12.5 Å². The zero-order valence-corrected chi connectivity index (χ0v) is 11.6. The van der Waals surface area contributed by atoms with Crippen LogP contribution in [-0.4, -0.2) is 42.3 Å². The molecule has 118 valence electrons. The predicted molar refractivity (Wildman–Crippen MR) is 67.4 cm³/mol. The Labute approximate surface area is 123 Å². The fourth-order valence-corrected chi connectivity index (χ4v) is 2.59. The number of nitrogens with one attached hydrogen (secondary N) is 1. The van der Waals surface area contributed by atoms with Crippen molar-refractivity contribution in [1.29, 1.82) is 0 Å². The Morgan fingerprint density at radius 3 is 2.82 bits per heavy atom. The average Bonchev–Trinajstić information content (AvgIpc) is 3.06. The monoisotopic (exact) mass is 314 g/mol. The van der Waals surface area contributed by atoms with Crippen molar-refractivity contribution in [3.63, 3.8) is 0 Å². The molecule has 2 aromatic heterocycles. The first-order valence-electron chi connectivity index (χ1n) is 6.65. The molecule has 0 fully saturated rings. The summed E-state index contributed by atoms with van der Waals surface area (Å²) in [6.45, 7) is 1.86. The molecule has 0 saturated heterocycles. The number of nitrogens with zero attached hydrogens (tertiary/aromatic N) is 5. The van der Waals surface area contributed by atoms with E-state index in [1.165, 1.54) is 11.1 Å². The molecule has 2 aromatic rings. The number of hydrogen-bond donors (Lipinski definition) is 1. The smallest absolute Gasteiger partial charge is 0.331 e. The standard InChI is InChI=1S/C12H13F3N6O/c1-7-10-18-19-11(12(13,14)15)21(10)3-2-20(7)9(22)4-8-5-16-17-6-8/h5-7H,2-4H2,1H3,(H,16,17). The van der Waals surface area contributed by atoms with Gasteiger partial charge in [-0.2, -0.15) is 18.3 Å². The van der Waals surface area contributed by atoms with Gasteiger partial charge in [0.05, 0.1) is 18.7 Å². The van der Waals surface area contributed by atoms with Gasteiger partial charge in [0, 0.05) is 19.3 Å². The van der Waals surface area contributed by atoms with E-state index in [0.29, 0.717) is 0 Å². The van der Waals surface area contributed by atoms with E-state index < -0.39 is 18.0 Å². The summed E-state index contributed by atoms with van der Waals surface area (Å²) in [4.78, 5) is 13.8. The van der Waals surface area contributed by atoms with Crippen molar-refractivity contribution in [2.24, 2.45) is 0 Å². The van der Waals surface area contributed by atoms with Crippen LogP contribution in [0.3, 0.4) is 0 Å². The summed E-state index contributed by atoms with van der Waals surface area (Å²) in [5.74, 6) is -1.05. The Hall–Kier alpha value is -2.39. The molecule has 1 aliphatic rings. The van der Waals surface area contributed by atoms with Crippen LogP contribution in [-0.2, 0) is 23.9 Å². The number of aromatic amines is 1. The van der Waals surface area contributed by atoms with Crippen LogP contribution in [0.15, 0.2) is 12.4 Å². The highest BCUT2D eigenvalue weighted by molar-refractivity contribution is 5.79. The zero-order chi connectivity index (χ0) is 15.9. The molecule has 10 heteroatoms. The van der Waals surface area contributed by atoms with Crippen LogP contribution in [0, 0.1) is 0 Å². The van der Waals surface area contributed by atoms with Gasteiger partial charge in [-0.25, -0.2) is 0 Å². The first kappa shape index (κ1) is 14.5. The minimum atomic E-state index is -4.55. The fraction of sp³-hybridized carbons (Fsp3) is 0.500. The van der Waals surface area contributed by atoms with E-state index in [1.54, 1.807) is 13.1 Å². The maximum absolute atomic E-state index is 12.8. The molecule has 1 unspecified atom stereocenters. The van der Waals surface area contributed by atoms with Crippen molar-refractivity contribution in [2.75, 3.05) is 6.54 Å². The zero-order valence-electron chi connectivity index (χ0n) is 11.6. The van der Waals surface area contributed by atoms with Crippen molar-refractivity contribution >= 4 is 5.91 Å². The number of aromatic nitrogens is 5. The van der Waals surface area contributed by atoms with Gasteiger partial charge in [-0.15, -0.1) is 10.2 Å². The summed E-state index contributed by atoms with van der Waals surface area (Å²) in [6.07, 6.45) is -1.26. The molecule has 22 heavy (non-hydrogen) atoms. The SMILES string of the molecule is CC1c2nnc(C(F)(F)F)n2CCN1C(=O)Cc1cn[nH]c1. The Bertz CT molecular complexity index is 678. The molecular weight excluding hydrogens is 301 g/mol. The maximum Gasteiger partial charge on any atom is 0.451 e. The average molecular weight is 314 g/mol. The fourth-order valence-electron chi connectivity index (χ4n) is 2.59. The summed E-state index contributed by atoms with van der Waals surface area (Å²) in [7, 11) is 0. The third-order valence-corrected chi connectivity index (χ3v) is 3.67. The van der Waals surface area contributed by atoms with Crippen LogP contribution in [0.2, 0.25) is 0 Å². The van der Waals surface area contributed by atoms with Gasteiger partial charge in [0.25, 0.3) is 0 Å². The number of halogens is 3. The minimum Gasteiger partial charge on any atom is -0.331 e. The van der Waals surface area contributed by atoms with Gasteiger partial charge >= 0.3 is 6.18 Å². The summed E-state index contributed by atoms with van der Waals surface area (Å²) >= 11 is 0. The summed E-state index contributed by atoms with van der Waals surface area (Å²) in [6, 6.07) is -0.559. The second-order valence-electron chi connectivity index (χ2n) is 5.08. The summed E-state index contributed by atoms with van der Waals surface area (Å²) < 4.78 is 39.5. The molecule has 0 saturated carbocycles. The first-order chi connectivity index (χ1) is 10.4. The number of fused-ring (bicyclic) bond motifs is 1. The molecule has 0 bridgehead atoms. The van der Waals surface area contributed by atoms with Crippen molar-refractivity contribution < 1.29 is 18.0 Å². The van der Waals surface area contributed by atoms with E-state index in [0.717, 1.165) is 10.1 Å². The van der Waals surface area contributed by atoms with Crippen LogP contribution < -0.4 is 0 Å². The van der Waals surface area contributed by atoms with Gasteiger partial charge in [-0.3, -0.25) is 9.89 Å². The Kier molecular flexibility index (Phi) is 3.38. The number of H-pyrrole nitrogens is 1. The topological polar surface area (TPSA) is 79.7 Å².